The average Bonchev–Trinajstić information content (AvgIpc) is 3.13. The maximum Gasteiger partial charge on any atom is 0.153 e. The van der Waals surface area contributed by atoms with Crippen molar-refractivity contribution < 1.29 is 4.74 Å². The third-order valence-electron chi connectivity index (χ3n) is 5.13. The summed E-state index contributed by atoms with van der Waals surface area (Å²) in [6, 6.07) is 0.204. The fraction of sp³-hybridized carbons (Fsp3) is 0.667. The molecule has 0 bridgehead atoms. The average molecular weight is 342 g/mol. The minimum atomic E-state index is 0.0477. The number of hydrogen-bond acceptors (Lipinski definition) is 6. The van der Waals surface area contributed by atoms with Gasteiger partial charge in [-0.05, 0) is 46.5 Å². The molecule has 2 fully saturated rings. The molecule has 134 valence electrons. The summed E-state index contributed by atoms with van der Waals surface area (Å²) in [6.07, 6.45) is 6.63. The van der Waals surface area contributed by atoms with E-state index >= 15 is 0 Å². The van der Waals surface area contributed by atoms with E-state index in [0.29, 0.717) is 5.92 Å². The number of H-pyrrole nitrogens is 1. The second-order valence-corrected chi connectivity index (χ2v) is 7.27. The topological polar surface area (TPSA) is 88.6 Å². The highest BCUT2D eigenvalue weighted by molar-refractivity contribution is 5.19. The number of nitrogens with zero attached hydrogens (tertiary/aromatic N) is 4. The van der Waals surface area contributed by atoms with E-state index in [4.69, 9.17) is 4.74 Å². The summed E-state index contributed by atoms with van der Waals surface area (Å²) in [5.41, 5.74) is 2.18. The van der Waals surface area contributed by atoms with Gasteiger partial charge >= 0.3 is 0 Å². The lowest BCUT2D eigenvalue weighted by Gasteiger charge is -2.19. The summed E-state index contributed by atoms with van der Waals surface area (Å²) in [7, 11) is 0. The van der Waals surface area contributed by atoms with Crippen LogP contribution in [0.25, 0.3) is 0 Å². The highest BCUT2D eigenvalue weighted by Crippen LogP contribution is 2.39. The van der Waals surface area contributed by atoms with Crippen LogP contribution in [0.2, 0.25) is 0 Å². The van der Waals surface area contributed by atoms with Crippen molar-refractivity contribution in [2.45, 2.75) is 70.6 Å². The summed E-state index contributed by atoms with van der Waals surface area (Å²) in [5.74, 6) is 3.24. The molecule has 7 nitrogen and oxygen atoms in total. The minimum absolute atomic E-state index is 0.0477. The van der Waals surface area contributed by atoms with E-state index in [-0.39, 0.29) is 18.2 Å². The summed E-state index contributed by atoms with van der Waals surface area (Å²) in [5, 5.41) is 11.0. The van der Waals surface area contributed by atoms with E-state index in [1.807, 2.05) is 20.0 Å². The van der Waals surface area contributed by atoms with Gasteiger partial charge in [0.05, 0.1) is 6.10 Å². The van der Waals surface area contributed by atoms with Gasteiger partial charge < -0.3 is 10.1 Å². The molecule has 2 N–H and O–H groups in total. The predicted octanol–water partition coefficient (Wildman–Crippen LogP) is 2.66. The van der Waals surface area contributed by atoms with Crippen molar-refractivity contribution in [2.24, 2.45) is 0 Å². The fourth-order valence-corrected chi connectivity index (χ4v) is 3.45. The second kappa shape index (κ2) is 6.80. The molecule has 3 heterocycles. The first-order valence-electron chi connectivity index (χ1n) is 9.21. The quantitative estimate of drug-likeness (QED) is 0.839. The Bertz CT molecular complexity index is 741. The van der Waals surface area contributed by atoms with Gasteiger partial charge in [0.2, 0.25) is 0 Å². The van der Waals surface area contributed by atoms with Crippen molar-refractivity contribution in [3.8, 4) is 0 Å². The van der Waals surface area contributed by atoms with E-state index in [1.165, 1.54) is 12.8 Å². The number of aryl methyl sites for hydroxylation is 2. The van der Waals surface area contributed by atoms with E-state index in [9.17, 15) is 0 Å². The molecule has 2 aromatic rings. The van der Waals surface area contributed by atoms with Gasteiger partial charge in [-0.25, -0.2) is 15.0 Å². The number of aromatic amines is 1. The molecule has 1 saturated carbocycles. The minimum Gasteiger partial charge on any atom is -0.366 e. The molecule has 7 heteroatoms. The molecule has 25 heavy (non-hydrogen) atoms. The van der Waals surface area contributed by atoms with Crippen molar-refractivity contribution >= 4 is 0 Å². The standard InChI is InChI=1S/C18H26N6O/c1-10(15-9-20-12(3)21-11(15)2)19-8-14-6-7-16(25-14)18-22-17(23-24-18)13-4-5-13/h9-10,13-14,16,19H,4-8H2,1-3H3,(H,22,23,24)/t10?,14-,16+/m1/s1. The zero-order valence-corrected chi connectivity index (χ0v) is 15.1. The molecule has 1 saturated heterocycles. The number of aromatic nitrogens is 5. The van der Waals surface area contributed by atoms with Gasteiger partial charge in [0.25, 0.3) is 0 Å². The van der Waals surface area contributed by atoms with Crippen LogP contribution in [0.3, 0.4) is 0 Å². The van der Waals surface area contributed by atoms with Gasteiger partial charge in [-0.2, -0.15) is 5.10 Å². The van der Waals surface area contributed by atoms with E-state index in [0.717, 1.165) is 48.1 Å². The van der Waals surface area contributed by atoms with Crippen LogP contribution in [0, 0.1) is 13.8 Å². The molecule has 3 atom stereocenters. The largest absolute Gasteiger partial charge is 0.366 e. The molecule has 1 aliphatic carbocycles. The zero-order chi connectivity index (χ0) is 17.4. The third kappa shape index (κ3) is 3.72. The number of ether oxygens (including phenoxy) is 1. The molecule has 4 rings (SSSR count). The first-order chi connectivity index (χ1) is 12.1. The van der Waals surface area contributed by atoms with Gasteiger partial charge in [-0.15, -0.1) is 0 Å². The zero-order valence-electron chi connectivity index (χ0n) is 15.1. The van der Waals surface area contributed by atoms with Crippen LogP contribution in [-0.4, -0.2) is 37.8 Å². The number of hydrogen-bond donors (Lipinski definition) is 2. The molecule has 0 amide bonds. The fourth-order valence-electron chi connectivity index (χ4n) is 3.45. The molecule has 2 aliphatic rings. The molecule has 2 aromatic heterocycles. The van der Waals surface area contributed by atoms with Gasteiger partial charge in [-0.3, -0.25) is 5.10 Å². The van der Waals surface area contributed by atoms with Gasteiger partial charge in [0.1, 0.15) is 11.9 Å². The molecule has 1 unspecified atom stereocenters. The lowest BCUT2D eigenvalue weighted by atomic mass is 10.1. The van der Waals surface area contributed by atoms with E-state index in [2.05, 4.69) is 37.4 Å². The van der Waals surface area contributed by atoms with Gasteiger partial charge in [0, 0.05) is 36.0 Å². The van der Waals surface area contributed by atoms with Crippen LogP contribution in [0.5, 0.6) is 0 Å². The lowest BCUT2D eigenvalue weighted by molar-refractivity contribution is 0.0389. The Balaban J connectivity index is 1.30. The second-order valence-electron chi connectivity index (χ2n) is 7.27. The highest BCUT2D eigenvalue weighted by atomic mass is 16.5. The predicted molar refractivity (Wildman–Crippen MR) is 93.1 cm³/mol. The van der Waals surface area contributed by atoms with Crippen molar-refractivity contribution in [1.82, 2.24) is 30.5 Å². The Morgan fingerprint density at radius 1 is 1.24 bits per heavy atom. The SMILES string of the molecule is Cc1ncc(C(C)NC[C@H]2CC[C@@H](c3nc(C4CC4)n[nH]3)O2)c(C)n1. The summed E-state index contributed by atoms with van der Waals surface area (Å²) < 4.78 is 6.17. The number of nitrogens with one attached hydrogen (secondary N) is 2. The Kier molecular flexibility index (Phi) is 4.52. The highest BCUT2D eigenvalue weighted by Gasteiger charge is 2.32. The van der Waals surface area contributed by atoms with Crippen LogP contribution in [0.4, 0.5) is 0 Å². The van der Waals surface area contributed by atoms with Crippen molar-refractivity contribution in [3.05, 3.63) is 34.9 Å². The lowest BCUT2D eigenvalue weighted by Crippen LogP contribution is -2.29. The molecule has 1 aliphatic heterocycles. The normalized spacial score (nSPS) is 24.6. The smallest absolute Gasteiger partial charge is 0.153 e. The van der Waals surface area contributed by atoms with Gasteiger partial charge in [-0.1, -0.05) is 0 Å². The first kappa shape index (κ1) is 16.6. The molecule has 0 aromatic carbocycles. The Hall–Kier alpha value is -1.86. The molecule has 0 spiro atoms. The van der Waals surface area contributed by atoms with E-state index < -0.39 is 0 Å². The monoisotopic (exact) mass is 342 g/mol. The summed E-state index contributed by atoms with van der Waals surface area (Å²) in [4.78, 5) is 13.4. The first-order valence-corrected chi connectivity index (χ1v) is 9.21. The van der Waals surface area contributed by atoms with Crippen LogP contribution in [0.1, 0.15) is 79.4 Å². The maximum atomic E-state index is 6.17. The van der Waals surface area contributed by atoms with Crippen molar-refractivity contribution in [3.63, 3.8) is 0 Å². The summed E-state index contributed by atoms with van der Waals surface area (Å²) in [6.45, 7) is 6.91. The van der Waals surface area contributed by atoms with Crippen LogP contribution in [0.15, 0.2) is 6.20 Å². The molecular weight excluding hydrogens is 316 g/mol. The Labute approximate surface area is 148 Å². The van der Waals surface area contributed by atoms with Crippen molar-refractivity contribution in [1.29, 1.82) is 0 Å². The maximum absolute atomic E-state index is 6.17. The number of rotatable bonds is 6. The van der Waals surface area contributed by atoms with Crippen LogP contribution >= 0.6 is 0 Å². The van der Waals surface area contributed by atoms with Crippen molar-refractivity contribution in [2.75, 3.05) is 6.54 Å². The third-order valence-corrected chi connectivity index (χ3v) is 5.13. The Morgan fingerprint density at radius 3 is 2.84 bits per heavy atom. The van der Waals surface area contributed by atoms with Crippen LogP contribution < -0.4 is 5.32 Å². The summed E-state index contributed by atoms with van der Waals surface area (Å²) >= 11 is 0. The van der Waals surface area contributed by atoms with E-state index in [1.54, 1.807) is 0 Å². The molecular formula is C18H26N6O. The van der Waals surface area contributed by atoms with Crippen LogP contribution in [-0.2, 0) is 4.74 Å². The molecule has 0 radical (unpaired) electrons. The Morgan fingerprint density at radius 2 is 2.08 bits per heavy atom. The van der Waals surface area contributed by atoms with Gasteiger partial charge in [0.15, 0.2) is 11.6 Å².